The number of amides is 1. The smallest absolute Gasteiger partial charge is 0.312 e. The number of aromatic nitrogens is 4. The van der Waals surface area contributed by atoms with E-state index in [0.29, 0.717) is 17.6 Å². The molecule has 0 bridgehead atoms. The highest BCUT2D eigenvalue weighted by Crippen LogP contribution is 2.21. The van der Waals surface area contributed by atoms with Gasteiger partial charge in [0.15, 0.2) is 17.0 Å². The van der Waals surface area contributed by atoms with Crippen molar-refractivity contribution in [1.29, 1.82) is 0 Å². The van der Waals surface area contributed by atoms with Gasteiger partial charge in [-0.15, -0.1) is 0 Å². The van der Waals surface area contributed by atoms with Crippen molar-refractivity contribution in [3.63, 3.8) is 0 Å². The second kappa shape index (κ2) is 5.52. The van der Waals surface area contributed by atoms with E-state index in [1.54, 1.807) is 10.9 Å². The standard InChI is InChI=1S/C13H18FN5O/c1-7(2)5-9(20)16-11-10-12(18-13(14)17-11)19(6-15-10)8(3)4/h6-8H,5H2,1-4H3,(H,16,17,18,20). The van der Waals surface area contributed by atoms with Crippen molar-refractivity contribution in [3.05, 3.63) is 12.4 Å². The second-order valence-electron chi connectivity index (χ2n) is 5.41. The highest BCUT2D eigenvalue weighted by molar-refractivity contribution is 5.96. The number of nitrogens with one attached hydrogen (secondary N) is 1. The summed E-state index contributed by atoms with van der Waals surface area (Å²) in [7, 11) is 0. The summed E-state index contributed by atoms with van der Waals surface area (Å²) in [6.07, 6.45) is 1.04. The van der Waals surface area contributed by atoms with Gasteiger partial charge in [-0.3, -0.25) is 4.79 Å². The molecule has 0 aliphatic heterocycles. The number of hydrogen-bond donors (Lipinski definition) is 1. The lowest BCUT2D eigenvalue weighted by molar-refractivity contribution is -0.116. The lowest BCUT2D eigenvalue weighted by Crippen LogP contribution is -2.16. The van der Waals surface area contributed by atoms with E-state index in [9.17, 15) is 9.18 Å². The molecule has 0 radical (unpaired) electrons. The van der Waals surface area contributed by atoms with Gasteiger partial charge in [-0.25, -0.2) is 4.98 Å². The largest absolute Gasteiger partial charge is 0.312 e. The normalized spacial score (nSPS) is 11.6. The van der Waals surface area contributed by atoms with Crippen molar-refractivity contribution < 1.29 is 9.18 Å². The zero-order valence-electron chi connectivity index (χ0n) is 12.0. The molecule has 2 aromatic heterocycles. The third kappa shape index (κ3) is 2.92. The Bertz CT molecular complexity index is 635. The predicted molar refractivity (Wildman–Crippen MR) is 73.8 cm³/mol. The minimum Gasteiger partial charge on any atom is -0.312 e. The molecule has 0 aliphatic rings. The van der Waals surface area contributed by atoms with Gasteiger partial charge >= 0.3 is 6.08 Å². The van der Waals surface area contributed by atoms with Gasteiger partial charge in [0.2, 0.25) is 5.91 Å². The van der Waals surface area contributed by atoms with Crippen LogP contribution in [0.4, 0.5) is 10.2 Å². The van der Waals surface area contributed by atoms with E-state index in [4.69, 9.17) is 0 Å². The highest BCUT2D eigenvalue weighted by atomic mass is 19.1. The summed E-state index contributed by atoms with van der Waals surface area (Å²) in [6.45, 7) is 7.75. The van der Waals surface area contributed by atoms with Gasteiger partial charge in [-0.1, -0.05) is 13.8 Å². The Morgan fingerprint density at radius 2 is 2.05 bits per heavy atom. The first-order valence-corrected chi connectivity index (χ1v) is 6.58. The van der Waals surface area contributed by atoms with Gasteiger partial charge in [0.05, 0.1) is 6.33 Å². The first-order valence-electron chi connectivity index (χ1n) is 6.58. The van der Waals surface area contributed by atoms with Crippen molar-refractivity contribution in [1.82, 2.24) is 19.5 Å². The van der Waals surface area contributed by atoms with E-state index in [1.807, 2.05) is 27.7 Å². The van der Waals surface area contributed by atoms with Gasteiger partial charge in [-0.2, -0.15) is 14.4 Å². The predicted octanol–water partition coefficient (Wildman–Crippen LogP) is 2.53. The molecule has 0 aromatic carbocycles. The molecular formula is C13H18FN5O. The Labute approximate surface area is 116 Å². The van der Waals surface area contributed by atoms with Gasteiger partial charge in [0.1, 0.15) is 0 Å². The first-order chi connectivity index (χ1) is 9.38. The molecular weight excluding hydrogens is 261 g/mol. The fraction of sp³-hybridized carbons (Fsp3) is 0.538. The van der Waals surface area contributed by atoms with Crippen LogP contribution in [0.2, 0.25) is 0 Å². The van der Waals surface area contributed by atoms with Gasteiger partial charge in [0.25, 0.3) is 0 Å². The second-order valence-corrected chi connectivity index (χ2v) is 5.41. The fourth-order valence-electron chi connectivity index (χ4n) is 1.91. The monoisotopic (exact) mass is 279 g/mol. The quantitative estimate of drug-likeness (QED) is 0.873. The van der Waals surface area contributed by atoms with Crippen molar-refractivity contribution in [2.75, 3.05) is 5.32 Å². The van der Waals surface area contributed by atoms with Crippen LogP contribution in [0.15, 0.2) is 6.33 Å². The average molecular weight is 279 g/mol. The molecule has 2 rings (SSSR count). The van der Waals surface area contributed by atoms with Crippen LogP contribution in [0, 0.1) is 12.0 Å². The molecule has 0 fully saturated rings. The Balaban J connectivity index is 2.41. The number of fused-ring (bicyclic) bond motifs is 1. The molecule has 7 heteroatoms. The van der Waals surface area contributed by atoms with Crippen molar-refractivity contribution in [2.45, 2.75) is 40.2 Å². The molecule has 1 N–H and O–H groups in total. The van der Waals surface area contributed by atoms with Crippen molar-refractivity contribution >= 4 is 22.9 Å². The van der Waals surface area contributed by atoms with Gasteiger partial charge in [-0.05, 0) is 19.8 Å². The van der Waals surface area contributed by atoms with Crippen molar-refractivity contribution in [2.24, 2.45) is 5.92 Å². The Morgan fingerprint density at radius 1 is 1.35 bits per heavy atom. The SMILES string of the molecule is CC(C)CC(=O)Nc1nc(F)nc2c1ncn2C(C)C. The number of anilines is 1. The lowest BCUT2D eigenvalue weighted by Gasteiger charge is -2.09. The van der Waals surface area contributed by atoms with Gasteiger partial charge < -0.3 is 9.88 Å². The molecule has 0 aliphatic carbocycles. The molecule has 20 heavy (non-hydrogen) atoms. The van der Waals surface area contributed by atoms with Crippen LogP contribution in [-0.4, -0.2) is 25.4 Å². The minimum absolute atomic E-state index is 0.0912. The molecule has 2 heterocycles. The van der Waals surface area contributed by atoms with Crippen LogP contribution in [0.1, 0.15) is 40.2 Å². The third-order valence-electron chi connectivity index (χ3n) is 2.80. The molecule has 0 spiro atoms. The molecule has 0 atom stereocenters. The average Bonchev–Trinajstić information content (AvgIpc) is 2.71. The van der Waals surface area contributed by atoms with Crippen LogP contribution in [-0.2, 0) is 4.79 Å². The summed E-state index contributed by atoms with van der Waals surface area (Å²) in [6, 6.07) is 0.0912. The summed E-state index contributed by atoms with van der Waals surface area (Å²) >= 11 is 0. The van der Waals surface area contributed by atoms with Crippen LogP contribution in [0.25, 0.3) is 11.2 Å². The number of hydrogen-bond acceptors (Lipinski definition) is 4. The fourth-order valence-corrected chi connectivity index (χ4v) is 1.91. The zero-order valence-corrected chi connectivity index (χ0v) is 12.0. The maximum absolute atomic E-state index is 13.5. The molecule has 1 amide bonds. The van der Waals surface area contributed by atoms with Crippen LogP contribution < -0.4 is 5.32 Å². The topological polar surface area (TPSA) is 72.7 Å². The van der Waals surface area contributed by atoms with Crippen LogP contribution in [0.3, 0.4) is 0 Å². The zero-order chi connectivity index (χ0) is 14.9. The first kappa shape index (κ1) is 14.4. The molecule has 0 unspecified atom stereocenters. The van der Waals surface area contributed by atoms with E-state index in [-0.39, 0.29) is 23.7 Å². The molecule has 0 saturated heterocycles. The summed E-state index contributed by atoms with van der Waals surface area (Å²) in [5, 5.41) is 2.60. The third-order valence-corrected chi connectivity index (χ3v) is 2.80. The van der Waals surface area contributed by atoms with E-state index in [1.165, 1.54) is 0 Å². The minimum atomic E-state index is -0.875. The van der Waals surface area contributed by atoms with E-state index < -0.39 is 6.08 Å². The van der Waals surface area contributed by atoms with E-state index >= 15 is 0 Å². The van der Waals surface area contributed by atoms with E-state index in [0.717, 1.165) is 0 Å². The summed E-state index contributed by atoms with van der Waals surface area (Å²) < 4.78 is 15.3. The maximum Gasteiger partial charge on any atom is 0.312 e. The highest BCUT2D eigenvalue weighted by Gasteiger charge is 2.16. The molecule has 0 saturated carbocycles. The lowest BCUT2D eigenvalue weighted by atomic mass is 10.1. The van der Waals surface area contributed by atoms with E-state index in [2.05, 4.69) is 20.3 Å². The number of halogens is 1. The maximum atomic E-state index is 13.5. The Morgan fingerprint density at radius 3 is 2.65 bits per heavy atom. The Hall–Kier alpha value is -2.05. The number of rotatable bonds is 4. The molecule has 108 valence electrons. The van der Waals surface area contributed by atoms with Crippen LogP contribution in [0.5, 0.6) is 0 Å². The molecule has 6 nitrogen and oxygen atoms in total. The number of imidazole rings is 1. The molecule has 2 aromatic rings. The summed E-state index contributed by atoms with van der Waals surface area (Å²) in [4.78, 5) is 23.4. The summed E-state index contributed by atoms with van der Waals surface area (Å²) in [5.74, 6) is 0.126. The number of carbonyl (C=O) groups is 1. The number of carbonyl (C=O) groups excluding carboxylic acids is 1. The van der Waals surface area contributed by atoms with Crippen molar-refractivity contribution in [3.8, 4) is 0 Å². The van der Waals surface area contributed by atoms with Crippen LogP contribution >= 0.6 is 0 Å². The summed E-state index contributed by atoms with van der Waals surface area (Å²) in [5.41, 5.74) is 0.782. The van der Waals surface area contributed by atoms with Gasteiger partial charge in [0, 0.05) is 12.5 Å². The Kier molecular flexibility index (Phi) is 3.96. The number of nitrogens with zero attached hydrogens (tertiary/aromatic N) is 4.